The molecule has 208 valence electrons. The van der Waals surface area contributed by atoms with Crippen LogP contribution in [-0.4, -0.2) is 34.9 Å². The highest BCUT2D eigenvalue weighted by molar-refractivity contribution is 6.05. The van der Waals surface area contributed by atoms with Gasteiger partial charge in [0.15, 0.2) is 5.78 Å². The Morgan fingerprint density at radius 1 is 1.12 bits per heavy atom. The van der Waals surface area contributed by atoms with Gasteiger partial charge in [0.25, 0.3) is 0 Å². The van der Waals surface area contributed by atoms with Crippen molar-refractivity contribution in [3.05, 3.63) is 69.7 Å². The molecule has 4 aliphatic rings. The van der Waals surface area contributed by atoms with Crippen LogP contribution in [0.15, 0.2) is 35.6 Å². The fraction of sp³-hybridized carbons (Fsp3) is 0.485. The molecule has 1 amide bonds. The van der Waals surface area contributed by atoms with Gasteiger partial charge in [-0.25, -0.2) is 14.4 Å². The predicted octanol–water partition coefficient (Wildman–Crippen LogP) is 6.82. The van der Waals surface area contributed by atoms with Gasteiger partial charge in [0, 0.05) is 38.4 Å². The minimum Gasteiger partial charge on any atom is -0.381 e. The van der Waals surface area contributed by atoms with Crippen LogP contribution < -0.4 is 5.32 Å². The van der Waals surface area contributed by atoms with Crippen molar-refractivity contribution in [2.45, 2.75) is 77.0 Å². The molecular formula is C33H36FN3O3. The molecule has 2 fully saturated rings. The number of benzene rings is 1. The Kier molecular flexibility index (Phi) is 7.77. The first-order chi connectivity index (χ1) is 19.4. The van der Waals surface area contributed by atoms with E-state index in [-0.39, 0.29) is 29.3 Å². The van der Waals surface area contributed by atoms with Crippen LogP contribution in [0.3, 0.4) is 0 Å². The molecule has 7 heteroatoms. The summed E-state index contributed by atoms with van der Waals surface area (Å²) < 4.78 is 19.7. The SMILES string of the molecule is CC1=C=CC(Cc2nc(C(=O)CC3CCCCC3)c3c(n2)C(C2CCOCC2)CC(=O)N3)=Cc2cc(F)ccc21. The second kappa shape index (κ2) is 11.6. The maximum Gasteiger partial charge on any atom is 0.225 e. The minimum absolute atomic E-state index is 0.0201. The standard InChI is InChI=1S/C33H36FN3O3/c1-20-7-8-22(15-24-18-25(34)9-10-26(20)24)17-29-35-31-27(23-11-13-40-14-12-23)19-30(39)37-33(31)32(36-29)28(38)16-21-5-3-2-4-6-21/h8-10,15,18,21,23,27H,2-6,11-14,16-17,19H2,1H3,(H,37,39). The summed E-state index contributed by atoms with van der Waals surface area (Å²) in [7, 11) is 0. The Morgan fingerprint density at radius 3 is 2.73 bits per heavy atom. The maximum absolute atomic E-state index is 14.1. The number of ether oxygens (including phenoxy) is 1. The predicted molar refractivity (Wildman–Crippen MR) is 152 cm³/mol. The topological polar surface area (TPSA) is 81.2 Å². The highest BCUT2D eigenvalue weighted by atomic mass is 19.1. The first-order valence-electron chi connectivity index (χ1n) is 14.7. The molecular weight excluding hydrogens is 505 g/mol. The van der Waals surface area contributed by atoms with Crippen LogP contribution in [0.4, 0.5) is 10.1 Å². The third-order valence-corrected chi connectivity index (χ3v) is 8.90. The highest BCUT2D eigenvalue weighted by Crippen LogP contribution is 2.42. The van der Waals surface area contributed by atoms with E-state index in [0.717, 1.165) is 66.5 Å². The van der Waals surface area contributed by atoms with E-state index in [1.54, 1.807) is 6.07 Å². The normalized spacial score (nSPS) is 21.6. The molecule has 1 atom stereocenters. The van der Waals surface area contributed by atoms with Gasteiger partial charge in [-0.1, -0.05) is 38.2 Å². The quantitative estimate of drug-likeness (QED) is 0.321. The lowest BCUT2D eigenvalue weighted by atomic mass is 9.78. The maximum atomic E-state index is 14.1. The van der Waals surface area contributed by atoms with Crippen molar-refractivity contribution in [2.24, 2.45) is 11.8 Å². The van der Waals surface area contributed by atoms with Gasteiger partial charge in [-0.15, -0.1) is 5.73 Å². The number of anilines is 1. The van der Waals surface area contributed by atoms with Gasteiger partial charge in [-0.3, -0.25) is 9.59 Å². The molecule has 1 N–H and O–H groups in total. The highest BCUT2D eigenvalue weighted by Gasteiger charge is 2.37. The van der Waals surface area contributed by atoms with Gasteiger partial charge >= 0.3 is 0 Å². The molecule has 6 nitrogen and oxygen atoms in total. The number of rotatable bonds is 6. The molecule has 1 aromatic carbocycles. The van der Waals surface area contributed by atoms with E-state index >= 15 is 0 Å². The zero-order valence-electron chi connectivity index (χ0n) is 23.1. The van der Waals surface area contributed by atoms with E-state index < -0.39 is 0 Å². The molecule has 40 heavy (non-hydrogen) atoms. The summed E-state index contributed by atoms with van der Waals surface area (Å²) >= 11 is 0. The molecule has 6 rings (SSSR count). The van der Waals surface area contributed by atoms with Gasteiger partial charge in [0.2, 0.25) is 5.91 Å². The van der Waals surface area contributed by atoms with E-state index in [4.69, 9.17) is 14.7 Å². The number of carbonyl (C=O) groups excluding carboxylic acids is 2. The molecule has 1 unspecified atom stereocenters. The lowest BCUT2D eigenvalue weighted by molar-refractivity contribution is -0.117. The second-order valence-electron chi connectivity index (χ2n) is 11.7. The number of ketones is 1. The van der Waals surface area contributed by atoms with Crippen LogP contribution in [0.2, 0.25) is 0 Å². The van der Waals surface area contributed by atoms with Gasteiger partial charge in [-0.05, 0) is 78.2 Å². The number of halogens is 1. The average Bonchev–Trinajstić information content (AvgIpc) is 3.11. The summed E-state index contributed by atoms with van der Waals surface area (Å²) in [5.74, 6) is 0.689. The average molecular weight is 542 g/mol. The Morgan fingerprint density at radius 2 is 1.93 bits per heavy atom. The largest absolute Gasteiger partial charge is 0.381 e. The summed E-state index contributed by atoms with van der Waals surface area (Å²) in [6.07, 6.45) is 12.4. The van der Waals surface area contributed by atoms with Crippen molar-refractivity contribution in [1.82, 2.24) is 9.97 Å². The molecule has 0 bridgehead atoms. The first-order valence-corrected chi connectivity index (χ1v) is 14.7. The molecule has 2 aromatic rings. The van der Waals surface area contributed by atoms with Crippen molar-refractivity contribution < 1.29 is 18.7 Å². The van der Waals surface area contributed by atoms with Crippen LogP contribution in [-0.2, 0) is 16.0 Å². The summed E-state index contributed by atoms with van der Waals surface area (Å²) in [5, 5.41) is 2.99. The zero-order valence-corrected chi connectivity index (χ0v) is 23.1. The number of carbonyl (C=O) groups is 2. The van der Waals surface area contributed by atoms with Crippen molar-refractivity contribution in [3.63, 3.8) is 0 Å². The second-order valence-corrected chi connectivity index (χ2v) is 11.7. The molecule has 0 spiro atoms. The fourth-order valence-electron chi connectivity index (χ4n) is 6.74. The Bertz CT molecular complexity index is 1430. The number of Topliss-reactive ketones (excluding diaryl/α,β-unsaturated/α-hetero) is 1. The monoisotopic (exact) mass is 541 g/mol. The zero-order chi connectivity index (χ0) is 27.6. The number of nitrogens with one attached hydrogen (secondary N) is 1. The fourth-order valence-corrected chi connectivity index (χ4v) is 6.74. The lowest BCUT2D eigenvalue weighted by Gasteiger charge is -2.34. The molecule has 0 radical (unpaired) electrons. The van der Waals surface area contributed by atoms with Crippen molar-refractivity contribution in [1.29, 1.82) is 0 Å². The molecule has 1 saturated heterocycles. The number of nitrogens with zero attached hydrogens (tertiary/aromatic N) is 2. The van der Waals surface area contributed by atoms with Crippen molar-refractivity contribution in [2.75, 3.05) is 18.5 Å². The number of aromatic nitrogens is 2. The van der Waals surface area contributed by atoms with E-state index in [2.05, 4.69) is 11.0 Å². The Balaban J connectivity index is 1.40. The number of hydrogen-bond donors (Lipinski definition) is 1. The smallest absolute Gasteiger partial charge is 0.225 e. The first kappa shape index (κ1) is 26.8. The number of amides is 1. The molecule has 3 heterocycles. The number of allylic oxidation sites excluding steroid dienone is 2. The molecule has 1 aromatic heterocycles. The molecule has 1 saturated carbocycles. The number of hydrogen-bond acceptors (Lipinski definition) is 5. The van der Waals surface area contributed by atoms with E-state index in [9.17, 15) is 14.0 Å². The van der Waals surface area contributed by atoms with Crippen molar-refractivity contribution in [3.8, 4) is 0 Å². The van der Waals surface area contributed by atoms with E-state index in [0.29, 0.717) is 55.6 Å². The van der Waals surface area contributed by atoms with Crippen LogP contribution in [0.25, 0.3) is 11.6 Å². The third-order valence-electron chi connectivity index (χ3n) is 8.90. The van der Waals surface area contributed by atoms with Crippen LogP contribution >= 0.6 is 0 Å². The molecule has 2 aliphatic heterocycles. The summed E-state index contributed by atoms with van der Waals surface area (Å²) in [6, 6.07) is 4.77. The number of fused-ring (bicyclic) bond motifs is 2. The van der Waals surface area contributed by atoms with Gasteiger partial charge < -0.3 is 10.1 Å². The minimum atomic E-state index is -0.292. The summed E-state index contributed by atoms with van der Waals surface area (Å²) in [6.45, 7) is 3.30. The van der Waals surface area contributed by atoms with Gasteiger partial charge in [0.1, 0.15) is 17.3 Å². The van der Waals surface area contributed by atoms with Gasteiger partial charge in [-0.2, -0.15) is 0 Å². The van der Waals surface area contributed by atoms with Crippen molar-refractivity contribution >= 4 is 29.0 Å². The lowest BCUT2D eigenvalue weighted by Crippen LogP contribution is -2.33. The van der Waals surface area contributed by atoms with Crippen LogP contribution in [0, 0.1) is 17.7 Å². The Hall–Kier alpha value is -3.41. The third kappa shape index (κ3) is 5.72. The van der Waals surface area contributed by atoms with Crippen LogP contribution in [0.1, 0.15) is 104 Å². The summed E-state index contributed by atoms with van der Waals surface area (Å²) in [4.78, 5) is 36.5. The van der Waals surface area contributed by atoms with Crippen LogP contribution in [0.5, 0.6) is 0 Å². The van der Waals surface area contributed by atoms with Gasteiger partial charge in [0.05, 0.1) is 11.4 Å². The molecule has 2 aliphatic carbocycles. The summed E-state index contributed by atoms with van der Waals surface area (Å²) in [5.41, 5.74) is 8.48. The van der Waals surface area contributed by atoms with E-state index in [1.165, 1.54) is 18.6 Å². The Labute approximate surface area is 234 Å². The van der Waals surface area contributed by atoms with E-state index in [1.807, 2.05) is 19.1 Å².